The summed E-state index contributed by atoms with van der Waals surface area (Å²) in [5.74, 6) is -0.448. The van der Waals surface area contributed by atoms with Crippen molar-refractivity contribution in [2.24, 2.45) is 0 Å². The van der Waals surface area contributed by atoms with Crippen LogP contribution in [0.15, 0.2) is 77.7 Å². The number of benzene rings is 3. The molecule has 0 aromatic heterocycles. The third-order valence-corrected chi connectivity index (χ3v) is 6.32. The first-order chi connectivity index (χ1) is 16.8. The van der Waals surface area contributed by atoms with Crippen molar-refractivity contribution in [2.45, 2.75) is 6.92 Å². The first kappa shape index (κ1) is 24.2. The number of thiocarbonyl (C=S) groups is 1. The van der Waals surface area contributed by atoms with Crippen molar-refractivity contribution in [3.63, 3.8) is 0 Å². The highest BCUT2D eigenvalue weighted by atomic mass is 32.2. The number of amides is 2. The number of ether oxygens (including phenoxy) is 2. The van der Waals surface area contributed by atoms with Gasteiger partial charge in [-0.3, -0.25) is 15.0 Å². The van der Waals surface area contributed by atoms with Crippen LogP contribution in [0.2, 0.25) is 0 Å². The van der Waals surface area contributed by atoms with Gasteiger partial charge in [0, 0.05) is 5.56 Å². The zero-order valence-corrected chi connectivity index (χ0v) is 20.4. The fourth-order valence-corrected chi connectivity index (χ4v) is 4.31. The molecule has 0 saturated carbocycles. The topological polar surface area (TPSA) is 84.9 Å². The molecule has 9 heteroatoms. The van der Waals surface area contributed by atoms with E-state index in [1.54, 1.807) is 66.7 Å². The van der Waals surface area contributed by atoms with Gasteiger partial charge in [0.05, 0.1) is 17.6 Å². The van der Waals surface area contributed by atoms with Gasteiger partial charge in [-0.05, 0) is 73.2 Å². The SMILES string of the molecule is COc1cccc(C(=O)Oc2ccc(/C=C3/SC(=S)N(NC(=O)c4ccc(C)cc4)C3=O)cc2)c1. The van der Waals surface area contributed by atoms with Gasteiger partial charge >= 0.3 is 5.97 Å². The number of carbonyl (C=O) groups is 3. The lowest BCUT2D eigenvalue weighted by molar-refractivity contribution is -0.123. The summed E-state index contributed by atoms with van der Waals surface area (Å²) in [5, 5.41) is 1.07. The van der Waals surface area contributed by atoms with Gasteiger partial charge in [0.25, 0.3) is 11.8 Å². The normalized spacial score (nSPS) is 14.2. The smallest absolute Gasteiger partial charge is 0.343 e. The number of aryl methyl sites for hydroxylation is 1. The molecule has 35 heavy (non-hydrogen) atoms. The number of carbonyl (C=O) groups excluding carboxylic acids is 3. The van der Waals surface area contributed by atoms with Crippen LogP contribution in [-0.2, 0) is 4.79 Å². The van der Waals surface area contributed by atoms with Crippen molar-refractivity contribution in [3.05, 3.63) is 100.0 Å². The summed E-state index contributed by atoms with van der Waals surface area (Å²) >= 11 is 6.37. The van der Waals surface area contributed by atoms with Gasteiger partial charge in [-0.25, -0.2) is 4.79 Å². The minimum atomic E-state index is -0.512. The van der Waals surface area contributed by atoms with Crippen molar-refractivity contribution in [1.29, 1.82) is 0 Å². The number of methoxy groups -OCH3 is 1. The number of rotatable bonds is 6. The quantitative estimate of drug-likeness (QED) is 0.224. The molecule has 1 aliphatic heterocycles. The highest BCUT2D eigenvalue weighted by molar-refractivity contribution is 8.26. The Morgan fingerprint density at radius 2 is 1.69 bits per heavy atom. The van der Waals surface area contributed by atoms with Crippen molar-refractivity contribution in [1.82, 2.24) is 10.4 Å². The van der Waals surface area contributed by atoms with Gasteiger partial charge in [-0.2, -0.15) is 5.01 Å². The number of hydrogen-bond acceptors (Lipinski definition) is 7. The second kappa shape index (κ2) is 10.5. The van der Waals surface area contributed by atoms with E-state index in [9.17, 15) is 14.4 Å². The molecule has 0 unspecified atom stereocenters. The molecule has 2 amide bonds. The van der Waals surface area contributed by atoms with Crippen LogP contribution >= 0.6 is 24.0 Å². The second-order valence-corrected chi connectivity index (χ2v) is 9.19. The van der Waals surface area contributed by atoms with Crippen molar-refractivity contribution < 1.29 is 23.9 Å². The van der Waals surface area contributed by atoms with E-state index in [0.29, 0.717) is 33.1 Å². The molecule has 1 fully saturated rings. The Morgan fingerprint density at radius 3 is 2.37 bits per heavy atom. The Balaban J connectivity index is 1.41. The molecule has 0 spiro atoms. The highest BCUT2D eigenvalue weighted by Gasteiger charge is 2.33. The van der Waals surface area contributed by atoms with Gasteiger partial charge in [0.15, 0.2) is 4.32 Å². The molecule has 1 heterocycles. The Bertz CT molecular complexity index is 1330. The number of esters is 1. The molecule has 0 bridgehead atoms. The Hall–Kier alpha value is -3.95. The summed E-state index contributed by atoms with van der Waals surface area (Å²) in [4.78, 5) is 38.0. The molecule has 0 radical (unpaired) electrons. The molecule has 1 saturated heterocycles. The third kappa shape index (κ3) is 5.76. The number of nitrogens with zero attached hydrogens (tertiary/aromatic N) is 1. The van der Waals surface area contributed by atoms with Crippen LogP contribution in [0, 0.1) is 6.92 Å². The van der Waals surface area contributed by atoms with Crippen LogP contribution in [0.4, 0.5) is 0 Å². The fourth-order valence-electron chi connectivity index (χ4n) is 3.13. The lowest BCUT2D eigenvalue weighted by Gasteiger charge is -2.15. The van der Waals surface area contributed by atoms with E-state index in [1.165, 1.54) is 7.11 Å². The minimum absolute atomic E-state index is 0.227. The molecule has 0 aliphatic carbocycles. The lowest BCUT2D eigenvalue weighted by atomic mass is 10.1. The molecule has 4 rings (SSSR count). The van der Waals surface area contributed by atoms with Crippen LogP contribution in [0.5, 0.6) is 11.5 Å². The minimum Gasteiger partial charge on any atom is -0.497 e. The summed E-state index contributed by atoms with van der Waals surface area (Å²) < 4.78 is 10.8. The molecule has 176 valence electrons. The van der Waals surface area contributed by atoms with Gasteiger partial charge in [-0.15, -0.1) is 0 Å². The standard InChI is InChI=1S/C26H20N2O5S2/c1-16-6-10-18(11-7-16)23(29)27-28-24(30)22(35-26(28)34)14-17-8-12-20(13-9-17)33-25(31)19-4-3-5-21(15-19)32-2/h3-15H,1-2H3,(H,27,29)/b22-14+. The van der Waals surface area contributed by atoms with Crippen LogP contribution in [-0.4, -0.2) is 34.2 Å². The average Bonchev–Trinajstić information content (AvgIpc) is 3.12. The molecule has 1 aliphatic rings. The summed E-state index contributed by atoms with van der Waals surface area (Å²) in [6, 6.07) is 20.4. The zero-order chi connectivity index (χ0) is 24.9. The van der Waals surface area contributed by atoms with E-state index in [1.807, 2.05) is 19.1 Å². The zero-order valence-electron chi connectivity index (χ0n) is 18.8. The van der Waals surface area contributed by atoms with E-state index in [2.05, 4.69) is 5.43 Å². The van der Waals surface area contributed by atoms with Crippen LogP contribution in [0.1, 0.15) is 31.8 Å². The summed E-state index contributed by atoms with van der Waals surface area (Å²) in [6.45, 7) is 1.92. The summed E-state index contributed by atoms with van der Waals surface area (Å²) in [7, 11) is 1.52. The number of nitrogens with one attached hydrogen (secondary N) is 1. The predicted octanol–water partition coefficient (Wildman–Crippen LogP) is 4.77. The number of hydrazine groups is 1. The van der Waals surface area contributed by atoms with Gasteiger partial charge < -0.3 is 9.47 Å². The predicted molar refractivity (Wildman–Crippen MR) is 138 cm³/mol. The maximum atomic E-state index is 12.8. The van der Waals surface area contributed by atoms with Gasteiger partial charge in [-0.1, -0.05) is 47.7 Å². The van der Waals surface area contributed by atoms with Gasteiger partial charge in [0.1, 0.15) is 11.5 Å². The van der Waals surface area contributed by atoms with Crippen molar-refractivity contribution in [3.8, 4) is 11.5 Å². The molecule has 0 atom stereocenters. The summed E-state index contributed by atoms with van der Waals surface area (Å²) in [6.07, 6.45) is 1.66. The van der Waals surface area contributed by atoms with E-state index < -0.39 is 17.8 Å². The van der Waals surface area contributed by atoms with E-state index in [0.717, 1.165) is 22.3 Å². The molecule has 3 aromatic carbocycles. The maximum Gasteiger partial charge on any atom is 0.343 e. The molecule has 3 aromatic rings. The van der Waals surface area contributed by atoms with Crippen molar-refractivity contribution >= 4 is 52.2 Å². The van der Waals surface area contributed by atoms with Crippen molar-refractivity contribution in [2.75, 3.05) is 7.11 Å². The third-order valence-electron chi connectivity index (χ3n) is 5.01. The molecular weight excluding hydrogens is 484 g/mol. The van der Waals surface area contributed by atoms with E-state index in [-0.39, 0.29) is 4.32 Å². The first-order valence-electron chi connectivity index (χ1n) is 10.5. The van der Waals surface area contributed by atoms with Crippen LogP contribution in [0.25, 0.3) is 6.08 Å². The first-order valence-corrected chi connectivity index (χ1v) is 11.7. The summed E-state index contributed by atoms with van der Waals surface area (Å²) in [5.41, 5.74) is 5.08. The maximum absolute atomic E-state index is 12.8. The molecule has 7 nitrogen and oxygen atoms in total. The highest BCUT2D eigenvalue weighted by Crippen LogP contribution is 2.32. The van der Waals surface area contributed by atoms with Crippen LogP contribution in [0.3, 0.4) is 0 Å². The average molecular weight is 505 g/mol. The lowest BCUT2D eigenvalue weighted by Crippen LogP contribution is -2.44. The van der Waals surface area contributed by atoms with E-state index >= 15 is 0 Å². The number of hydrogen-bond donors (Lipinski definition) is 1. The van der Waals surface area contributed by atoms with E-state index in [4.69, 9.17) is 21.7 Å². The Labute approximate surface area is 211 Å². The van der Waals surface area contributed by atoms with Gasteiger partial charge in [0.2, 0.25) is 0 Å². The number of thioether (sulfide) groups is 1. The monoisotopic (exact) mass is 504 g/mol. The Morgan fingerprint density at radius 1 is 0.971 bits per heavy atom. The Kier molecular flexibility index (Phi) is 7.28. The molecule has 1 N–H and O–H groups in total. The van der Waals surface area contributed by atoms with Crippen LogP contribution < -0.4 is 14.9 Å². The second-order valence-electron chi connectivity index (χ2n) is 7.51. The largest absolute Gasteiger partial charge is 0.497 e. The molecular formula is C26H20N2O5S2. The fraction of sp³-hybridized carbons (Fsp3) is 0.0769.